The number of carbonyl (C=O) groups excluding carboxylic acids is 1. The number of hydrogen-bond donors (Lipinski definition) is 0. The van der Waals surface area contributed by atoms with E-state index in [1.165, 1.54) is 25.1 Å². The number of aromatic nitrogens is 2. The molecule has 0 aliphatic rings. The van der Waals surface area contributed by atoms with Gasteiger partial charge in [-0.25, -0.2) is 0 Å². The topological polar surface area (TPSA) is 108 Å². The predicted molar refractivity (Wildman–Crippen MR) is 71.1 cm³/mol. The maximum Gasteiger partial charge on any atom is 0.270 e. The smallest absolute Gasteiger partial charge is 0.270 e. The molecular formula is C13H13N3O5. The van der Waals surface area contributed by atoms with Gasteiger partial charge in [-0.3, -0.25) is 14.9 Å². The second-order valence-corrected chi connectivity index (χ2v) is 4.24. The average Bonchev–Trinajstić information content (AvgIpc) is 2.92. The maximum atomic E-state index is 11.6. The molecule has 0 radical (unpaired) electrons. The van der Waals surface area contributed by atoms with Gasteiger partial charge in [0, 0.05) is 18.6 Å². The van der Waals surface area contributed by atoms with Crippen LogP contribution in [-0.4, -0.2) is 20.8 Å². The number of ketones is 1. The summed E-state index contributed by atoms with van der Waals surface area (Å²) in [7, 11) is 0. The number of nitro groups is 1. The molecule has 0 fully saturated rings. The zero-order chi connectivity index (χ0) is 15.4. The van der Waals surface area contributed by atoms with E-state index in [9.17, 15) is 14.9 Å². The van der Waals surface area contributed by atoms with Gasteiger partial charge in [0.2, 0.25) is 11.7 Å². The van der Waals surface area contributed by atoms with Gasteiger partial charge in [0.25, 0.3) is 5.69 Å². The highest BCUT2D eigenvalue weighted by Gasteiger charge is 2.16. The van der Waals surface area contributed by atoms with Gasteiger partial charge in [0.1, 0.15) is 5.75 Å². The molecular weight excluding hydrogens is 278 g/mol. The van der Waals surface area contributed by atoms with Crippen molar-refractivity contribution in [2.45, 2.75) is 26.9 Å². The van der Waals surface area contributed by atoms with Gasteiger partial charge in [0.05, 0.1) is 10.5 Å². The number of hydrogen-bond acceptors (Lipinski definition) is 7. The number of ether oxygens (including phenoxy) is 1. The highest BCUT2D eigenvalue weighted by atomic mass is 16.6. The molecule has 0 unspecified atom stereocenters. The Morgan fingerprint density at radius 3 is 2.81 bits per heavy atom. The lowest BCUT2D eigenvalue weighted by atomic mass is 10.1. The van der Waals surface area contributed by atoms with E-state index in [1.54, 1.807) is 0 Å². The molecule has 0 saturated heterocycles. The van der Waals surface area contributed by atoms with Crippen LogP contribution in [-0.2, 0) is 13.0 Å². The van der Waals surface area contributed by atoms with Crippen molar-refractivity contribution >= 4 is 11.5 Å². The molecule has 0 aliphatic heterocycles. The summed E-state index contributed by atoms with van der Waals surface area (Å²) in [5, 5.41) is 14.4. The minimum Gasteiger partial charge on any atom is -0.485 e. The van der Waals surface area contributed by atoms with Crippen LogP contribution in [0.1, 0.15) is 35.9 Å². The van der Waals surface area contributed by atoms with Gasteiger partial charge in [-0.1, -0.05) is 12.1 Å². The SMILES string of the molecule is CCc1nc(COc2ccc([N+](=O)[O-])cc2C(C)=O)no1. The first-order chi connectivity index (χ1) is 10.0. The first-order valence-corrected chi connectivity index (χ1v) is 6.25. The summed E-state index contributed by atoms with van der Waals surface area (Å²) in [6, 6.07) is 3.84. The van der Waals surface area contributed by atoms with E-state index in [4.69, 9.17) is 9.26 Å². The van der Waals surface area contributed by atoms with Crippen molar-refractivity contribution in [3.8, 4) is 5.75 Å². The van der Waals surface area contributed by atoms with Crippen molar-refractivity contribution < 1.29 is 19.0 Å². The summed E-state index contributed by atoms with van der Waals surface area (Å²) in [5.74, 6) is 0.760. The molecule has 2 rings (SSSR count). The Hall–Kier alpha value is -2.77. The minimum absolute atomic E-state index is 0.0155. The fourth-order valence-electron chi connectivity index (χ4n) is 1.67. The van der Waals surface area contributed by atoms with Crippen molar-refractivity contribution in [1.29, 1.82) is 0 Å². The Kier molecular flexibility index (Phi) is 4.27. The number of carbonyl (C=O) groups is 1. The lowest BCUT2D eigenvalue weighted by Crippen LogP contribution is -2.04. The van der Waals surface area contributed by atoms with Crippen LogP contribution in [0, 0.1) is 10.1 Å². The Morgan fingerprint density at radius 2 is 2.24 bits per heavy atom. The zero-order valence-corrected chi connectivity index (χ0v) is 11.5. The highest BCUT2D eigenvalue weighted by molar-refractivity contribution is 5.97. The summed E-state index contributed by atoms with van der Waals surface area (Å²) in [6.07, 6.45) is 0.614. The number of Topliss-reactive ketones (excluding diaryl/α,β-unsaturated/α-hetero) is 1. The highest BCUT2D eigenvalue weighted by Crippen LogP contribution is 2.25. The summed E-state index contributed by atoms with van der Waals surface area (Å²) in [6.45, 7) is 3.21. The van der Waals surface area contributed by atoms with E-state index in [2.05, 4.69) is 10.1 Å². The Labute approximate surface area is 119 Å². The Morgan fingerprint density at radius 1 is 1.48 bits per heavy atom. The van der Waals surface area contributed by atoms with E-state index >= 15 is 0 Å². The van der Waals surface area contributed by atoms with Crippen LogP contribution in [0.2, 0.25) is 0 Å². The van der Waals surface area contributed by atoms with Gasteiger partial charge in [-0.2, -0.15) is 4.98 Å². The van der Waals surface area contributed by atoms with Crippen LogP contribution in [0.15, 0.2) is 22.7 Å². The summed E-state index contributed by atoms with van der Waals surface area (Å²) < 4.78 is 10.4. The van der Waals surface area contributed by atoms with Gasteiger partial charge in [-0.15, -0.1) is 0 Å². The molecule has 0 N–H and O–H groups in total. The molecule has 1 aromatic carbocycles. The number of nitro benzene ring substituents is 1. The third-order valence-electron chi connectivity index (χ3n) is 2.72. The maximum absolute atomic E-state index is 11.6. The second-order valence-electron chi connectivity index (χ2n) is 4.24. The molecule has 0 amide bonds. The van der Waals surface area contributed by atoms with Crippen molar-refractivity contribution in [3.63, 3.8) is 0 Å². The van der Waals surface area contributed by atoms with Crippen LogP contribution >= 0.6 is 0 Å². The van der Waals surface area contributed by atoms with Crippen molar-refractivity contribution in [2.24, 2.45) is 0 Å². The van der Waals surface area contributed by atoms with Crippen LogP contribution in [0.5, 0.6) is 5.75 Å². The molecule has 8 nitrogen and oxygen atoms in total. The van der Waals surface area contributed by atoms with Gasteiger partial charge in [0.15, 0.2) is 12.4 Å². The quantitative estimate of drug-likeness (QED) is 0.456. The van der Waals surface area contributed by atoms with Gasteiger partial charge in [-0.05, 0) is 13.0 Å². The predicted octanol–water partition coefficient (Wildman–Crippen LogP) is 2.32. The molecule has 1 aromatic heterocycles. The first kappa shape index (κ1) is 14.6. The first-order valence-electron chi connectivity index (χ1n) is 6.25. The number of nitrogens with zero attached hydrogens (tertiary/aromatic N) is 3. The van der Waals surface area contributed by atoms with Crippen LogP contribution < -0.4 is 4.74 Å². The summed E-state index contributed by atoms with van der Waals surface area (Å²) >= 11 is 0. The molecule has 21 heavy (non-hydrogen) atoms. The molecule has 0 aliphatic carbocycles. The zero-order valence-electron chi connectivity index (χ0n) is 11.5. The number of non-ortho nitro benzene ring substituents is 1. The Balaban J connectivity index is 2.19. The summed E-state index contributed by atoms with van der Waals surface area (Å²) in [5.41, 5.74) is -0.0243. The van der Waals surface area contributed by atoms with Crippen LogP contribution in [0.3, 0.4) is 0 Å². The lowest BCUT2D eigenvalue weighted by Gasteiger charge is -2.07. The van der Waals surface area contributed by atoms with Crippen LogP contribution in [0.25, 0.3) is 0 Å². The number of benzene rings is 1. The molecule has 2 aromatic rings. The molecule has 0 atom stereocenters. The normalized spacial score (nSPS) is 10.4. The molecule has 110 valence electrons. The molecule has 8 heteroatoms. The van der Waals surface area contributed by atoms with Gasteiger partial charge < -0.3 is 9.26 Å². The standard InChI is InChI=1S/C13H13N3O5/c1-3-13-14-12(15-21-13)7-20-11-5-4-9(16(18)19)6-10(11)8(2)17/h4-6H,3,7H2,1-2H3. The molecule has 0 bridgehead atoms. The van der Waals surface area contributed by atoms with E-state index in [-0.39, 0.29) is 29.4 Å². The molecule has 0 spiro atoms. The van der Waals surface area contributed by atoms with Gasteiger partial charge >= 0.3 is 0 Å². The summed E-state index contributed by atoms with van der Waals surface area (Å²) in [4.78, 5) is 25.8. The van der Waals surface area contributed by atoms with E-state index in [0.717, 1.165) is 0 Å². The Bertz CT molecular complexity index is 680. The van der Waals surface area contributed by atoms with E-state index < -0.39 is 4.92 Å². The molecule has 1 heterocycles. The van der Waals surface area contributed by atoms with Crippen LogP contribution in [0.4, 0.5) is 5.69 Å². The molecule has 0 saturated carbocycles. The number of rotatable bonds is 6. The number of aryl methyl sites for hydroxylation is 1. The average molecular weight is 291 g/mol. The third kappa shape index (κ3) is 3.41. The fraction of sp³-hybridized carbons (Fsp3) is 0.308. The third-order valence-corrected chi connectivity index (χ3v) is 2.72. The van der Waals surface area contributed by atoms with Crippen molar-refractivity contribution in [1.82, 2.24) is 10.1 Å². The second kappa shape index (κ2) is 6.12. The van der Waals surface area contributed by atoms with E-state index in [0.29, 0.717) is 18.1 Å². The van der Waals surface area contributed by atoms with E-state index in [1.807, 2.05) is 6.92 Å². The van der Waals surface area contributed by atoms with Crippen molar-refractivity contribution in [2.75, 3.05) is 0 Å². The lowest BCUT2D eigenvalue weighted by molar-refractivity contribution is -0.384. The largest absolute Gasteiger partial charge is 0.485 e. The fourth-order valence-corrected chi connectivity index (χ4v) is 1.67. The van der Waals surface area contributed by atoms with Crippen molar-refractivity contribution in [3.05, 3.63) is 45.6 Å². The minimum atomic E-state index is -0.567. The monoisotopic (exact) mass is 291 g/mol.